The Labute approximate surface area is 107 Å². The smallest absolute Gasteiger partial charge is 0.348 e. The fourth-order valence-electron chi connectivity index (χ4n) is 2.09. The number of hydrogen-bond acceptors (Lipinski definition) is 4. The van der Waals surface area contributed by atoms with E-state index in [9.17, 15) is 15.0 Å². The Kier molecular flexibility index (Phi) is 2.35. The van der Waals surface area contributed by atoms with Crippen LogP contribution in [0.15, 0.2) is 39.5 Å². The molecule has 3 rings (SSSR count). The largest absolute Gasteiger partial charge is 0.504 e. The van der Waals surface area contributed by atoms with Gasteiger partial charge in [-0.1, -0.05) is 0 Å². The molecule has 1 radical (unpaired) electrons. The second-order valence-electron chi connectivity index (χ2n) is 4.09. The van der Waals surface area contributed by atoms with Gasteiger partial charge in [0.25, 0.3) is 0 Å². The molecule has 0 aliphatic rings. The van der Waals surface area contributed by atoms with Crippen LogP contribution in [0.3, 0.4) is 0 Å². The van der Waals surface area contributed by atoms with Gasteiger partial charge in [-0.15, -0.1) is 0 Å². The lowest BCUT2D eigenvalue weighted by atomic mass is 10.1. The van der Waals surface area contributed by atoms with Gasteiger partial charge in [0.05, 0.1) is 7.11 Å². The first-order chi connectivity index (χ1) is 9.11. The standard InChI is InChI=1S/C14H9O5/c1-18-7-2-3-8-9-4-5-10(15)13(16)12(9)14(17)19-11(8)6-7/h2-6,16H,1H3. The summed E-state index contributed by atoms with van der Waals surface area (Å²) in [6.45, 7) is 0. The molecule has 0 amide bonds. The average Bonchev–Trinajstić information content (AvgIpc) is 2.41. The second kappa shape index (κ2) is 3.91. The van der Waals surface area contributed by atoms with E-state index in [-0.39, 0.29) is 5.39 Å². The van der Waals surface area contributed by atoms with Crippen molar-refractivity contribution in [3.05, 3.63) is 40.8 Å². The van der Waals surface area contributed by atoms with Crippen molar-refractivity contribution in [3.8, 4) is 17.2 Å². The predicted octanol–water partition coefficient (Wildman–Crippen LogP) is 2.80. The maximum atomic E-state index is 11.9. The van der Waals surface area contributed by atoms with Gasteiger partial charge in [0.2, 0.25) is 5.75 Å². The van der Waals surface area contributed by atoms with E-state index in [1.807, 2.05) is 0 Å². The van der Waals surface area contributed by atoms with E-state index in [2.05, 4.69) is 0 Å². The summed E-state index contributed by atoms with van der Waals surface area (Å²) in [5.74, 6) is -0.628. The normalized spacial score (nSPS) is 11.0. The highest BCUT2D eigenvalue weighted by Gasteiger charge is 2.15. The Bertz CT molecular complexity index is 848. The van der Waals surface area contributed by atoms with Gasteiger partial charge in [-0.05, 0) is 24.3 Å². The quantitative estimate of drug-likeness (QED) is 0.537. The Hall–Kier alpha value is -2.69. The SMILES string of the molecule is COc1ccc2c(c1)oc(=O)c1c(O)c([O])ccc12. The fraction of sp³-hybridized carbons (Fsp3) is 0.0714. The molecule has 1 N–H and O–H groups in total. The average molecular weight is 257 g/mol. The lowest BCUT2D eigenvalue weighted by Gasteiger charge is -2.05. The third-order valence-electron chi connectivity index (χ3n) is 3.03. The van der Waals surface area contributed by atoms with Crippen LogP contribution in [0.1, 0.15) is 0 Å². The van der Waals surface area contributed by atoms with Gasteiger partial charge in [-0.2, -0.15) is 0 Å². The van der Waals surface area contributed by atoms with E-state index in [1.54, 1.807) is 18.2 Å². The molecule has 0 aliphatic heterocycles. The van der Waals surface area contributed by atoms with Crippen molar-refractivity contribution in [1.29, 1.82) is 0 Å². The van der Waals surface area contributed by atoms with Crippen molar-refractivity contribution in [3.63, 3.8) is 0 Å². The third-order valence-corrected chi connectivity index (χ3v) is 3.03. The first-order valence-electron chi connectivity index (χ1n) is 5.55. The van der Waals surface area contributed by atoms with Crippen LogP contribution in [0.5, 0.6) is 17.2 Å². The van der Waals surface area contributed by atoms with Crippen LogP contribution in [0.4, 0.5) is 0 Å². The number of ether oxygens (including phenoxy) is 1. The molecule has 0 spiro atoms. The van der Waals surface area contributed by atoms with Crippen LogP contribution in [0, 0.1) is 0 Å². The van der Waals surface area contributed by atoms with E-state index >= 15 is 0 Å². The van der Waals surface area contributed by atoms with Crippen LogP contribution in [-0.2, 0) is 5.11 Å². The Balaban J connectivity index is 2.54. The highest BCUT2D eigenvalue weighted by molar-refractivity contribution is 6.07. The van der Waals surface area contributed by atoms with Crippen molar-refractivity contribution >= 4 is 21.7 Å². The summed E-state index contributed by atoms with van der Waals surface area (Å²) in [6.07, 6.45) is 0. The number of hydrogen-bond donors (Lipinski definition) is 1. The zero-order valence-electron chi connectivity index (χ0n) is 9.97. The van der Waals surface area contributed by atoms with Crippen molar-refractivity contribution in [2.75, 3.05) is 7.11 Å². The summed E-state index contributed by atoms with van der Waals surface area (Å²) in [4.78, 5) is 11.9. The van der Waals surface area contributed by atoms with E-state index in [0.717, 1.165) is 0 Å². The molecule has 0 saturated heterocycles. The molecule has 1 heterocycles. The fourth-order valence-corrected chi connectivity index (χ4v) is 2.09. The molecule has 0 fully saturated rings. The molecular formula is C14H9O5. The van der Waals surface area contributed by atoms with Crippen molar-refractivity contribution in [1.82, 2.24) is 0 Å². The summed E-state index contributed by atoms with van der Waals surface area (Å²) in [5.41, 5.74) is -0.402. The highest BCUT2D eigenvalue weighted by Crippen LogP contribution is 2.35. The molecule has 95 valence electrons. The van der Waals surface area contributed by atoms with Gasteiger partial charge in [0, 0.05) is 16.8 Å². The van der Waals surface area contributed by atoms with Crippen molar-refractivity contribution < 1.29 is 19.4 Å². The van der Waals surface area contributed by atoms with Crippen LogP contribution >= 0.6 is 0 Å². The first kappa shape index (κ1) is 11.4. The maximum Gasteiger partial charge on any atom is 0.348 e. The minimum Gasteiger partial charge on any atom is -0.504 e. The number of aromatic hydroxyl groups is 1. The summed E-state index contributed by atoms with van der Waals surface area (Å²) in [5, 5.41) is 22.1. The minimum atomic E-state index is -0.744. The molecule has 0 atom stereocenters. The molecule has 0 bridgehead atoms. The van der Waals surface area contributed by atoms with E-state index < -0.39 is 17.1 Å². The van der Waals surface area contributed by atoms with Gasteiger partial charge in [0.1, 0.15) is 16.7 Å². The van der Waals surface area contributed by atoms with Crippen LogP contribution in [0.2, 0.25) is 0 Å². The minimum absolute atomic E-state index is 0.0924. The number of benzene rings is 2. The number of rotatable bonds is 1. The predicted molar refractivity (Wildman–Crippen MR) is 68.3 cm³/mol. The Morgan fingerprint density at radius 3 is 2.63 bits per heavy atom. The monoisotopic (exact) mass is 257 g/mol. The van der Waals surface area contributed by atoms with Gasteiger partial charge < -0.3 is 14.3 Å². The van der Waals surface area contributed by atoms with Gasteiger partial charge in [-0.3, -0.25) is 5.11 Å². The van der Waals surface area contributed by atoms with E-state index in [1.165, 1.54) is 19.2 Å². The number of phenols is 1. The van der Waals surface area contributed by atoms with Crippen LogP contribution < -0.4 is 10.4 Å². The molecule has 5 nitrogen and oxygen atoms in total. The topological polar surface area (TPSA) is 79.6 Å². The summed E-state index contributed by atoms with van der Waals surface area (Å²) < 4.78 is 10.2. The number of methoxy groups -OCH3 is 1. The first-order valence-corrected chi connectivity index (χ1v) is 5.55. The molecule has 5 heteroatoms. The number of fused-ring (bicyclic) bond motifs is 3. The molecule has 19 heavy (non-hydrogen) atoms. The summed E-state index contributed by atoms with van der Waals surface area (Å²) in [7, 11) is 1.51. The molecule has 0 aliphatic carbocycles. The van der Waals surface area contributed by atoms with Crippen LogP contribution in [0.25, 0.3) is 21.7 Å². The maximum absolute atomic E-state index is 11.9. The van der Waals surface area contributed by atoms with E-state index in [4.69, 9.17) is 9.15 Å². The van der Waals surface area contributed by atoms with Gasteiger partial charge in [0.15, 0.2) is 5.75 Å². The lowest BCUT2D eigenvalue weighted by Crippen LogP contribution is -2.00. The molecule has 2 aromatic carbocycles. The lowest BCUT2D eigenvalue weighted by molar-refractivity contribution is 0.326. The van der Waals surface area contributed by atoms with Gasteiger partial charge in [-0.25, -0.2) is 4.79 Å². The third kappa shape index (κ3) is 1.59. The molecule has 1 aromatic heterocycles. The molecule has 0 unspecified atom stereocenters. The second-order valence-corrected chi connectivity index (χ2v) is 4.09. The zero-order chi connectivity index (χ0) is 13.6. The number of phenolic OH excluding ortho intramolecular Hbond substituents is 1. The summed E-state index contributed by atoms with van der Waals surface area (Å²) >= 11 is 0. The Morgan fingerprint density at radius 1 is 1.16 bits per heavy atom. The van der Waals surface area contributed by atoms with E-state index in [0.29, 0.717) is 22.1 Å². The molecular weight excluding hydrogens is 248 g/mol. The van der Waals surface area contributed by atoms with Crippen molar-refractivity contribution in [2.45, 2.75) is 0 Å². The zero-order valence-corrected chi connectivity index (χ0v) is 9.97. The van der Waals surface area contributed by atoms with Crippen LogP contribution in [-0.4, -0.2) is 12.2 Å². The molecule has 0 saturated carbocycles. The Morgan fingerprint density at radius 2 is 1.89 bits per heavy atom. The summed E-state index contributed by atoms with van der Waals surface area (Å²) in [6, 6.07) is 7.73. The molecule has 3 aromatic rings. The van der Waals surface area contributed by atoms with Gasteiger partial charge >= 0.3 is 5.63 Å². The van der Waals surface area contributed by atoms with Crippen molar-refractivity contribution in [2.24, 2.45) is 0 Å². The highest BCUT2D eigenvalue weighted by atomic mass is 16.5.